The molecule has 0 fully saturated rings. The van der Waals surface area contributed by atoms with Crippen molar-refractivity contribution >= 4 is 64.7 Å². The van der Waals surface area contributed by atoms with Gasteiger partial charge in [0.1, 0.15) is 29.2 Å². The number of amides is 2. The number of halogens is 1. The summed E-state index contributed by atoms with van der Waals surface area (Å²) < 4.78 is 12.4. The highest BCUT2D eigenvalue weighted by atomic mass is 79.9. The molecule has 3 aromatic rings. The molecule has 2 N–H and O–H groups in total. The summed E-state index contributed by atoms with van der Waals surface area (Å²) in [4.78, 5) is 73.4. The van der Waals surface area contributed by atoms with Crippen molar-refractivity contribution in [1.82, 2.24) is 10.6 Å². The monoisotopic (exact) mass is 801 g/mol. The Kier molecular flexibility index (Phi) is 19.9. The second kappa shape index (κ2) is 23.5. The van der Waals surface area contributed by atoms with E-state index in [9.17, 15) is 28.9 Å². The molecule has 0 aliphatic heterocycles. The number of carbonyl (C=O) groups is 5. The van der Waals surface area contributed by atoms with Crippen LogP contribution in [0.15, 0.2) is 95.6 Å². The van der Waals surface area contributed by atoms with Gasteiger partial charge < -0.3 is 37.1 Å². The number of nitrogens with zero attached hydrogens (tertiary/aromatic N) is 1. The lowest BCUT2D eigenvalue weighted by Gasteiger charge is -2.27. The number of Topliss-reactive ketones (excluding diaryl/α,β-unsaturated/α-hetero) is 1. The fourth-order valence-electron chi connectivity index (χ4n) is 5.67. The summed E-state index contributed by atoms with van der Waals surface area (Å²) >= 11 is 0.568. The molecule has 2 atom stereocenters. The number of rotatable bonds is 22. The van der Waals surface area contributed by atoms with Gasteiger partial charge >= 0.3 is 11.9 Å². The van der Waals surface area contributed by atoms with Gasteiger partial charge in [-0.05, 0) is 62.6 Å². The molecular weight excluding hydrogens is 757 g/mol. The fourth-order valence-corrected chi connectivity index (χ4v) is 10.6. The minimum Gasteiger partial charge on any atom is -1.00 e. The number of unbranched alkanes of at least 4 members (excludes halogenated alkanes) is 1. The van der Waals surface area contributed by atoms with E-state index >= 15 is 0 Å². The molecule has 0 bridgehead atoms. The van der Waals surface area contributed by atoms with Gasteiger partial charge in [0, 0.05) is 41.5 Å². The minimum atomic E-state index is -2.04. The summed E-state index contributed by atoms with van der Waals surface area (Å²) in [5, 5.41) is 9.03. The Morgan fingerprint density at radius 2 is 1.24 bits per heavy atom. The summed E-state index contributed by atoms with van der Waals surface area (Å²) in [5.41, 5.74) is 0. The van der Waals surface area contributed by atoms with Gasteiger partial charge in [0.25, 0.3) is 0 Å². The van der Waals surface area contributed by atoms with Crippen molar-refractivity contribution in [2.24, 2.45) is 4.58 Å². The number of hydrogen-bond acceptors (Lipinski definition) is 10. The van der Waals surface area contributed by atoms with Crippen LogP contribution in [-0.4, -0.2) is 67.3 Å². The fraction of sp³-hybridized carbons (Fsp3) is 0.378. The summed E-state index contributed by atoms with van der Waals surface area (Å²) in [6, 6.07) is 29.3. The first-order chi connectivity index (χ1) is 24.2. The molecule has 14 heteroatoms. The van der Waals surface area contributed by atoms with E-state index in [-0.39, 0.29) is 67.4 Å². The molecule has 0 saturated heterocycles. The number of benzene rings is 3. The Labute approximate surface area is 314 Å². The predicted octanol–water partition coefficient (Wildman–Crippen LogP) is 1.40. The molecule has 3 aromatic carbocycles. The SMILES string of the molecule is CCOC(=O)CCC(=O)[C@H](CSN=O)NC(=O)CC[C@H](NC(=O)CCCC[P+](c1ccccc1)(c1ccccc1)c1ccccc1)C(=O)OC.[Br-]. The first-order valence-electron chi connectivity index (χ1n) is 16.6. The van der Waals surface area contributed by atoms with Crippen molar-refractivity contribution in [3.05, 3.63) is 95.9 Å². The van der Waals surface area contributed by atoms with Gasteiger partial charge in [-0.25, -0.2) is 4.79 Å². The van der Waals surface area contributed by atoms with Crippen molar-refractivity contribution in [2.75, 3.05) is 25.6 Å². The lowest BCUT2D eigenvalue weighted by molar-refractivity contribution is -0.145. The lowest BCUT2D eigenvalue weighted by atomic mass is 10.1. The molecule has 0 saturated carbocycles. The van der Waals surface area contributed by atoms with Crippen LogP contribution in [0.25, 0.3) is 0 Å². The van der Waals surface area contributed by atoms with Crippen LogP contribution in [0.3, 0.4) is 0 Å². The summed E-state index contributed by atoms with van der Waals surface area (Å²) in [7, 11) is -0.846. The van der Waals surface area contributed by atoms with Crippen molar-refractivity contribution in [3.63, 3.8) is 0 Å². The topological polar surface area (TPSA) is 157 Å². The van der Waals surface area contributed by atoms with Crippen LogP contribution < -0.4 is 43.5 Å². The standard InChI is InChI=1S/C37H44N3O8PS.BrH/c1-3-48-36(44)25-23-33(41)32(27-50-40-46)39-35(43)24-22-31(37(45)47-2)38-34(42)21-13-14-26-49(28-15-7-4-8-16-28,29-17-9-5-10-18-29)30-19-11-6-12-20-30;/h4-12,15-20,31-32H,3,13-14,21-27H2,1-2H3,(H-,38,39,42,43);1H/t31-,32-;/m0./s1. The Balaban J connectivity index is 0.00000901. The van der Waals surface area contributed by atoms with Gasteiger partial charge in [0.05, 0.1) is 32.3 Å². The lowest BCUT2D eigenvalue weighted by Crippen LogP contribution is -3.00. The Morgan fingerprint density at radius 1 is 0.725 bits per heavy atom. The van der Waals surface area contributed by atoms with E-state index in [1.54, 1.807) is 6.92 Å². The zero-order valence-corrected chi connectivity index (χ0v) is 32.1. The highest BCUT2D eigenvalue weighted by Crippen LogP contribution is 2.55. The van der Waals surface area contributed by atoms with E-state index in [1.807, 2.05) is 18.2 Å². The molecule has 3 rings (SSSR count). The summed E-state index contributed by atoms with van der Waals surface area (Å²) in [6.07, 6.45) is 1.71. The molecule has 0 aliphatic rings. The molecule has 51 heavy (non-hydrogen) atoms. The van der Waals surface area contributed by atoms with Gasteiger partial charge in [0.15, 0.2) is 5.78 Å². The van der Waals surface area contributed by atoms with Crippen LogP contribution in [-0.2, 0) is 33.4 Å². The first-order valence-corrected chi connectivity index (χ1v) is 19.5. The number of nitrogens with one attached hydrogen (secondary N) is 2. The maximum Gasteiger partial charge on any atom is 0.328 e. The van der Waals surface area contributed by atoms with Crippen LogP contribution in [0.4, 0.5) is 0 Å². The average Bonchev–Trinajstić information content (AvgIpc) is 3.15. The first kappa shape index (κ1) is 43.2. The van der Waals surface area contributed by atoms with Gasteiger partial charge in [0.2, 0.25) is 11.8 Å². The number of ketones is 1. The normalized spacial score (nSPS) is 12.0. The predicted molar refractivity (Wildman–Crippen MR) is 198 cm³/mol. The van der Waals surface area contributed by atoms with Crippen molar-refractivity contribution in [1.29, 1.82) is 0 Å². The molecule has 0 unspecified atom stereocenters. The number of carbonyl (C=O) groups excluding carboxylic acids is 5. The van der Waals surface area contributed by atoms with Crippen LogP contribution in [0.5, 0.6) is 0 Å². The third-order valence-corrected chi connectivity index (χ3v) is 13.2. The number of nitroso groups, excluding NO2 is 1. The molecule has 2 amide bonds. The third kappa shape index (κ3) is 13.6. The third-order valence-electron chi connectivity index (χ3n) is 8.12. The van der Waals surface area contributed by atoms with Crippen molar-refractivity contribution in [3.8, 4) is 0 Å². The van der Waals surface area contributed by atoms with E-state index in [4.69, 9.17) is 9.47 Å². The van der Waals surface area contributed by atoms with Crippen molar-refractivity contribution in [2.45, 2.75) is 64.0 Å². The van der Waals surface area contributed by atoms with Crippen molar-refractivity contribution < 1.29 is 50.4 Å². The largest absolute Gasteiger partial charge is 1.00 e. The molecule has 274 valence electrons. The van der Waals surface area contributed by atoms with Gasteiger partial charge in [-0.15, -0.1) is 4.91 Å². The smallest absolute Gasteiger partial charge is 0.328 e. The molecule has 0 radical (unpaired) electrons. The van der Waals surface area contributed by atoms with Crippen LogP contribution in [0.2, 0.25) is 0 Å². The molecule has 0 heterocycles. The van der Waals surface area contributed by atoms with E-state index in [1.165, 1.54) is 23.0 Å². The Morgan fingerprint density at radius 3 is 1.73 bits per heavy atom. The number of methoxy groups -OCH3 is 1. The van der Waals surface area contributed by atoms with Gasteiger partial charge in [-0.3, -0.25) is 19.2 Å². The van der Waals surface area contributed by atoms with E-state index < -0.39 is 43.0 Å². The highest BCUT2D eigenvalue weighted by molar-refractivity contribution is 7.98. The Hall–Kier alpha value is -3.93. The van der Waals surface area contributed by atoms with E-state index in [0.717, 1.165) is 12.6 Å². The number of ether oxygens (including phenoxy) is 2. The molecule has 0 spiro atoms. The maximum atomic E-state index is 13.1. The van der Waals surface area contributed by atoms with Crippen LogP contribution in [0.1, 0.15) is 51.9 Å². The zero-order valence-electron chi connectivity index (χ0n) is 28.8. The van der Waals surface area contributed by atoms with Gasteiger partial charge in [-0.2, -0.15) is 0 Å². The quantitative estimate of drug-likeness (QED) is 0.0505. The second-order valence-electron chi connectivity index (χ2n) is 11.4. The zero-order chi connectivity index (χ0) is 36.2. The summed E-state index contributed by atoms with van der Waals surface area (Å²) in [6.45, 7) is 1.82. The van der Waals surface area contributed by atoms with Gasteiger partial charge in [-0.1, -0.05) is 54.6 Å². The average molecular weight is 803 g/mol. The molecule has 11 nitrogen and oxygen atoms in total. The maximum absolute atomic E-state index is 13.1. The highest BCUT2D eigenvalue weighted by Gasteiger charge is 2.44. The second-order valence-corrected chi connectivity index (χ2v) is 15.8. The molecular formula is C37H45BrN3O8PS. The van der Waals surface area contributed by atoms with E-state index in [0.29, 0.717) is 18.4 Å². The van der Waals surface area contributed by atoms with Crippen LogP contribution in [0, 0.1) is 4.91 Å². The Bertz CT molecular complexity index is 1460. The van der Waals surface area contributed by atoms with Crippen LogP contribution >= 0.6 is 19.2 Å². The number of esters is 2. The number of hydrogen-bond donors (Lipinski definition) is 2. The molecule has 0 aromatic heterocycles. The summed E-state index contributed by atoms with van der Waals surface area (Å²) in [5.74, 6) is -2.74. The molecule has 0 aliphatic carbocycles. The minimum absolute atomic E-state index is 0. The van der Waals surface area contributed by atoms with E-state index in [2.05, 4.69) is 88.0 Å².